The Morgan fingerprint density at radius 3 is 2.00 bits per heavy atom. The number of rotatable bonds is 3. The Bertz CT molecular complexity index is 556. The van der Waals surface area contributed by atoms with Gasteiger partial charge in [-0.15, -0.1) is 0 Å². The summed E-state index contributed by atoms with van der Waals surface area (Å²) in [5.41, 5.74) is 1.31. The van der Waals surface area contributed by atoms with Gasteiger partial charge in [0.1, 0.15) is 5.60 Å². The third kappa shape index (κ3) is 2.26. The van der Waals surface area contributed by atoms with E-state index in [1.54, 1.807) is 12.1 Å². The molecule has 2 aromatic carbocycles. The van der Waals surface area contributed by atoms with Crippen LogP contribution in [0.5, 0.6) is 0 Å². The molecule has 0 spiro atoms. The molecule has 0 N–H and O–H groups in total. The Kier molecular flexibility index (Phi) is 3.08. The summed E-state index contributed by atoms with van der Waals surface area (Å²) in [6.07, 6.45) is 2.93. The van der Waals surface area contributed by atoms with Crippen molar-refractivity contribution in [3.63, 3.8) is 0 Å². The maximum Gasteiger partial charge on any atom is 0.339 e. The molecule has 2 nitrogen and oxygen atoms in total. The predicted molar refractivity (Wildman–Crippen MR) is 73.8 cm³/mol. The molecule has 0 aliphatic heterocycles. The van der Waals surface area contributed by atoms with Crippen molar-refractivity contribution in [2.75, 3.05) is 0 Å². The zero-order chi connectivity index (χ0) is 13.1. The standard InChI is InChI=1S/C17H16O2/c18-16(14-8-3-1-4-9-14)19-17(12-7-13-17)15-10-5-2-6-11-15/h1-6,8-11H,7,12-13H2. The van der Waals surface area contributed by atoms with Gasteiger partial charge in [0.25, 0.3) is 0 Å². The number of hydrogen-bond donors (Lipinski definition) is 0. The van der Waals surface area contributed by atoms with Crippen LogP contribution < -0.4 is 0 Å². The molecule has 2 heteroatoms. The van der Waals surface area contributed by atoms with Crippen LogP contribution in [-0.2, 0) is 10.3 Å². The van der Waals surface area contributed by atoms with Crippen LogP contribution in [-0.4, -0.2) is 5.97 Å². The van der Waals surface area contributed by atoms with E-state index < -0.39 is 5.60 Å². The Morgan fingerprint density at radius 2 is 1.47 bits per heavy atom. The zero-order valence-electron chi connectivity index (χ0n) is 10.7. The molecule has 0 bridgehead atoms. The van der Waals surface area contributed by atoms with Gasteiger partial charge in [-0.05, 0) is 37.0 Å². The molecule has 0 amide bonds. The van der Waals surface area contributed by atoms with E-state index in [9.17, 15) is 4.79 Å². The van der Waals surface area contributed by atoms with Crippen LogP contribution in [0.25, 0.3) is 0 Å². The van der Waals surface area contributed by atoms with Gasteiger partial charge in [0.2, 0.25) is 0 Å². The molecule has 96 valence electrons. The highest BCUT2D eigenvalue weighted by atomic mass is 16.6. The minimum Gasteiger partial charge on any atom is -0.451 e. The summed E-state index contributed by atoms with van der Waals surface area (Å²) in [5, 5.41) is 0. The summed E-state index contributed by atoms with van der Waals surface area (Å²) < 4.78 is 5.81. The number of ether oxygens (including phenoxy) is 1. The van der Waals surface area contributed by atoms with Crippen molar-refractivity contribution >= 4 is 5.97 Å². The van der Waals surface area contributed by atoms with Crippen molar-refractivity contribution in [2.24, 2.45) is 0 Å². The van der Waals surface area contributed by atoms with Crippen LogP contribution in [0.4, 0.5) is 0 Å². The lowest BCUT2D eigenvalue weighted by atomic mass is 9.75. The number of hydrogen-bond acceptors (Lipinski definition) is 2. The van der Waals surface area contributed by atoms with E-state index in [4.69, 9.17) is 4.74 Å². The smallest absolute Gasteiger partial charge is 0.339 e. The van der Waals surface area contributed by atoms with Crippen LogP contribution in [0.3, 0.4) is 0 Å². The molecule has 1 aliphatic carbocycles. The van der Waals surface area contributed by atoms with Crippen LogP contribution >= 0.6 is 0 Å². The lowest BCUT2D eigenvalue weighted by Crippen LogP contribution is -2.39. The number of esters is 1. The highest BCUT2D eigenvalue weighted by Gasteiger charge is 2.42. The topological polar surface area (TPSA) is 26.3 Å². The molecular formula is C17H16O2. The summed E-state index contributed by atoms with van der Waals surface area (Å²) in [7, 11) is 0. The number of carbonyl (C=O) groups is 1. The van der Waals surface area contributed by atoms with Crippen molar-refractivity contribution < 1.29 is 9.53 Å². The van der Waals surface area contributed by atoms with Gasteiger partial charge in [-0.25, -0.2) is 4.79 Å². The minimum absolute atomic E-state index is 0.232. The van der Waals surface area contributed by atoms with Gasteiger partial charge in [0.05, 0.1) is 5.56 Å². The summed E-state index contributed by atoms with van der Waals surface area (Å²) in [6.45, 7) is 0. The third-order valence-corrected chi connectivity index (χ3v) is 3.76. The Labute approximate surface area is 113 Å². The number of benzene rings is 2. The zero-order valence-corrected chi connectivity index (χ0v) is 10.7. The first-order valence-electron chi connectivity index (χ1n) is 6.64. The molecule has 0 radical (unpaired) electrons. The largest absolute Gasteiger partial charge is 0.451 e. The van der Waals surface area contributed by atoms with Crippen molar-refractivity contribution in [1.82, 2.24) is 0 Å². The van der Waals surface area contributed by atoms with Gasteiger partial charge in [0, 0.05) is 0 Å². The van der Waals surface area contributed by atoms with Crippen LogP contribution in [0.1, 0.15) is 35.2 Å². The van der Waals surface area contributed by atoms with Crippen molar-refractivity contribution in [3.8, 4) is 0 Å². The Morgan fingerprint density at radius 1 is 0.895 bits per heavy atom. The monoisotopic (exact) mass is 252 g/mol. The second-order valence-electron chi connectivity index (χ2n) is 4.97. The molecule has 1 fully saturated rings. The van der Waals surface area contributed by atoms with E-state index in [1.165, 1.54) is 0 Å². The second-order valence-corrected chi connectivity index (χ2v) is 4.97. The van der Waals surface area contributed by atoms with Crippen LogP contribution in [0, 0.1) is 0 Å². The van der Waals surface area contributed by atoms with Gasteiger partial charge in [-0.2, -0.15) is 0 Å². The van der Waals surface area contributed by atoms with Gasteiger partial charge < -0.3 is 4.74 Å². The van der Waals surface area contributed by atoms with Gasteiger partial charge in [0.15, 0.2) is 0 Å². The molecular weight excluding hydrogens is 236 g/mol. The fourth-order valence-electron chi connectivity index (χ4n) is 2.50. The van der Waals surface area contributed by atoms with Crippen molar-refractivity contribution in [1.29, 1.82) is 0 Å². The highest BCUT2D eigenvalue weighted by molar-refractivity contribution is 5.89. The molecule has 1 saturated carbocycles. The van der Waals surface area contributed by atoms with E-state index in [0.717, 1.165) is 24.8 Å². The average Bonchev–Trinajstić information content (AvgIpc) is 2.44. The molecule has 0 unspecified atom stereocenters. The molecule has 0 saturated heterocycles. The first-order chi connectivity index (χ1) is 9.30. The van der Waals surface area contributed by atoms with Gasteiger partial charge in [-0.1, -0.05) is 48.5 Å². The van der Waals surface area contributed by atoms with Crippen molar-refractivity contribution in [2.45, 2.75) is 24.9 Å². The van der Waals surface area contributed by atoms with E-state index in [1.807, 2.05) is 48.5 Å². The highest BCUT2D eigenvalue weighted by Crippen LogP contribution is 2.45. The maximum atomic E-state index is 12.2. The predicted octanol–water partition coefficient (Wildman–Crippen LogP) is 3.92. The normalized spacial score (nSPS) is 16.4. The molecule has 2 aromatic rings. The second kappa shape index (κ2) is 4.88. The number of carbonyl (C=O) groups excluding carboxylic acids is 1. The van der Waals surface area contributed by atoms with E-state index >= 15 is 0 Å². The molecule has 3 rings (SSSR count). The first kappa shape index (κ1) is 12.0. The summed E-state index contributed by atoms with van der Waals surface area (Å²) >= 11 is 0. The minimum atomic E-state index is -0.409. The van der Waals surface area contributed by atoms with Crippen LogP contribution in [0.2, 0.25) is 0 Å². The maximum absolute atomic E-state index is 12.2. The summed E-state index contributed by atoms with van der Waals surface area (Å²) in [4.78, 5) is 12.2. The lowest BCUT2D eigenvalue weighted by Gasteiger charge is -2.41. The quantitative estimate of drug-likeness (QED) is 0.774. The fourth-order valence-corrected chi connectivity index (χ4v) is 2.50. The summed E-state index contributed by atoms with van der Waals surface area (Å²) in [6, 6.07) is 19.2. The lowest BCUT2D eigenvalue weighted by molar-refractivity contribution is -0.0671. The SMILES string of the molecule is O=C(OC1(c2ccccc2)CCC1)c1ccccc1. The van der Waals surface area contributed by atoms with E-state index in [-0.39, 0.29) is 5.97 Å². The van der Waals surface area contributed by atoms with Gasteiger partial charge in [-0.3, -0.25) is 0 Å². The van der Waals surface area contributed by atoms with E-state index in [2.05, 4.69) is 0 Å². The molecule has 0 atom stereocenters. The molecule has 0 heterocycles. The third-order valence-electron chi connectivity index (χ3n) is 3.76. The van der Waals surface area contributed by atoms with Gasteiger partial charge >= 0.3 is 5.97 Å². The first-order valence-corrected chi connectivity index (χ1v) is 6.64. The van der Waals surface area contributed by atoms with Crippen molar-refractivity contribution in [3.05, 3.63) is 71.8 Å². The Balaban J connectivity index is 1.83. The van der Waals surface area contributed by atoms with E-state index in [0.29, 0.717) is 5.56 Å². The molecule has 0 aromatic heterocycles. The average molecular weight is 252 g/mol. The molecule has 19 heavy (non-hydrogen) atoms. The fraction of sp³-hybridized carbons (Fsp3) is 0.235. The Hall–Kier alpha value is -2.09. The molecule has 1 aliphatic rings. The summed E-state index contributed by atoms with van der Waals surface area (Å²) in [5.74, 6) is -0.232. The van der Waals surface area contributed by atoms with Crippen LogP contribution in [0.15, 0.2) is 60.7 Å².